The minimum absolute atomic E-state index is 0.0278. The second kappa shape index (κ2) is 7.86. The third-order valence-corrected chi connectivity index (χ3v) is 5.88. The van der Waals surface area contributed by atoms with Gasteiger partial charge in [0.1, 0.15) is 6.07 Å². The molecule has 0 aromatic heterocycles. The molecule has 0 saturated heterocycles. The lowest BCUT2D eigenvalue weighted by atomic mass is 9.57. The van der Waals surface area contributed by atoms with Crippen LogP contribution in [0.5, 0.6) is 0 Å². The third kappa shape index (κ3) is 3.22. The number of nitrogens with two attached hydrogens (primary N) is 1. The van der Waals surface area contributed by atoms with Gasteiger partial charge in [0, 0.05) is 24.9 Å². The SMILES string of the molecule is CCCN1CC=C2C(C#N)=C(N)C(C#N)(C#N)[C@H](c3ccccc3C(F)(F)F)[C@@H]2C1. The van der Waals surface area contributed by atoms with Gasteiger partial charge in [-0.25, -0.2) is 0 Å². The molecule has 1 aliphatic carbocycles. The van der Waals surface area contributed by atoms with Crippen LogP contribution in [-0.4, -0.2) is 24.5 Å². The van der Waals surface area contributed by atoms with Gasteiger partial charge in [0.15, 0.2) is 5.41 Å². The van der Waals surface area contributed by atoms with Crippen molar-refractivity contribution < 1.29 is 13.2 Å². The summed E-state index contributed by atoms with van der Waals surface area (Å²) in [6.07, 6.45) is -2.04. The number of rotatable bonds is 3. The molecule has 154 valence electrons. The first-order chi connectivity index (χ1) is 14.2. The monoisotopic (exact) mass is 411 g/mol. The van der Waals surface area contributed by atoms with E-state index in [-0.39, 0.29) is 16.8 Å². The minimum atomic E-state index is -4.66. The fraction of sp³-hybridized carbons (Fsp3) is 0.409. The maximum atomic E-state index is 13.8. The fourth-order valence-corrected chi connectivity index (χ4v) is 4.61. The summed E-state index contributed by atoms with van der Waals surface area (Å²) in [5.41, 5.74) is 3.30. The first kappa shape index (κ1) is 21.4. The maximum Gasteiger partial charge on any atom is 0.416 e. The van der Waals surface area contributed by atoms with Gasteiger partial charge in [0.25, 0.3) is 0 Å². The smallest absolute Gasteiger partial charge is 0.399 e. The summed E-state index contributed by atoms with van der Waals surface area (Å²) in [6.45, 7) is 3.56. The molecule has 0 amide bonds. The molecule has 8 heteroatoms. The molecule has 1 aliphatic heterocycles. The summed E-state index contributed by atoms with van der Waals surface area (Å²) >= 11 is 0. The Morgan fingerprint density at radius 2 is 1.87 bits per heavy atom. The number of allylic oxidation sites excluding steroid dienone is 2. The molecule has 1 aromatic carbocycles. The molecule has 0 fully saturated rings. The van der Waals surface area contributed by atoms with Crippen LogP contribution in [0.15, 0.2) is 47.2 Å². The topological polar surface area (TPSA) is 101 Å². The largest absolute Gasteiger partial charge is 0.416 e. The van der Waals surface area contributed by atoms with Crippen molar-refractivity contribution in [3.8, 4) is 18.2 Å². The Hall–Kier alpha value is -3.28. The average molecular weight is 411 g/mol. The van der Waals surface area contributed by atoms with E-state index in [9.17, 15) is 29.0 Å². The summed E-state index contributed by atoms with van der Waals surface area (Å²) in [6, 6.07) is 10.7. The molecule has 1 aromatic rings. The Labute approximate surface area is 173 Å². The Balaban J connectivity index is 2.35. The van der Waals surface area contributed by atoms with E-state index in [4.69, 9.17) is 5.73 Å². The second-order valence-corrected chi connectivity index (χ2v) is 7.52. The zero-order chi connectivity index (χ0) is 22.1. The number of hydrogen-bond donors (Lipinski definition) is 1. The van der Waals surface area contributed by atoms with Crippen LogP contribution in [0.1, 0.15) is 30.4 Å². The number of benzene rings is 1. The van der Waals surface area contributed by atoms with E-state index in [1.807, 2.05) is 30.0 Å². The van der Waals surface area contributed by atoms with Crippen LogP contribution in [0.25, 0.3) is 0 Å². The van der Waals surface area contributed by atoms with E-state index >= 15 is 0 Å². The molecule has 3 rings (SSSR count). The highest BCUT2D eigenvalue weighted by Gasteiger charge is 2.56. The highest BCUT2D eigenvalue weighted by molar-refractivity contribution is 5.60. The number of fused-ring (bicyclic) bond motifs is 1. The molecule has 2 N–H and O–H groups in total. The molecule has 0 bridgehead atoms. The average Bonchev–Trinajstić information content (AvgIpc) is 2.73. The zero-order valence-electron chi connectivity index (χ0n) is 16.4. The van der Waals surface area contributed by atoms with Gasteiger partial charge < -0.3 is 5.73 Å². The number of nitrogens with zero attached hydrogens (tertiary/aromatic N) is 4. The lowest BCUT2D eigenvalue weighted by molar-refractivity contribution is -0.138. The van der Waals surface area contributed by atoms with Crippen molar-refractivity contribution in [2.24, 2.45) is 17.1 Å². The molecule has 1 heterocycles. The van der Waals surface area contributed by atoms with Gasteiger partial charge in [-0.05, 0) is 30.2 Å². The quantitative estimate of drug-likeness (QED) is 0.814. The van der Waals surface area contributed by atoms with Crippen molar-refractivity contribution in [1.82, 2.24) is 4.90 Å². The summed E-state index contributed by atoms with van der Waals surface area (Å²) in [5, 5.41) is 29.7. The third-order valence-electron chi connectivity index (χ3n) is 5.88. The maximum absolute atomic E-state index is 13.8. The van der Waals surface area contributed by atoms with Crippen LogP contribution >= 0.6 is 0 Å². The summed E-state index contributed by atoms with van der Waals surface area (Å²) in [7, 11) is 0. The van der Waals surface area contributed by atoms with Crippen molar-refractivity contribution in [2.75, 3.05) is 19.6 Å². The molecule has 5 nitrogen and oxygen atoms in total. The number of halogens is 3. The first-order valence-electron chi connectivity index (χ1n) is 9.56. The van der Waals surface area contributed by atoms with E-state index in [0.717, 1.165) is 12.5 Å². The van der Waals surface area contributed by atoms with Crippen molar-refractivity contribution in [2.45, 2.75) is 25.4 Å². The molecule has 0 radical (unpaired) electrons. The highest BCUT2D eigenvalue weighted by atomic mass is 19.4. The van der Waals surface area contributed by atoms with Gasteiger partial charge in [0.2, 0.25) is 0 Å². The van der Waals surface area contributed by atoms with Gasteiger partial charge in [-0.15, -0.1) is 0 Å². The molecule has 2 aliphatic rings. The standard InChI is InChI=1S/C22H20F3N5/c1-2-8-30-9-7-14-16(10-26)20(29)21(12-27,13-28)19(17(14)11-30)15-5-3-4-6-18(15)22(23,24)25/h3-7,17,19H,2,8-9,11,29H2,1H3/t17-,19-/m1/s1. The second-order valence-electron chi connectivity index (χ2n) is 7.52. The molecule has 2 atom stereocenters. The van der Waals surface area contributed by atoms with Gasteiger partial charge in [0.05, 0.1) is 29.0 Å². The lowest BCUT2D eigenvalue weighted by Crippen LogP contribution is -2.48. The summed E-state index contributed by atoms with van der Waals surface area (Å²) in [4.78, 5) is 2.05. The van der Waals surface area contributed by atoms with Crippen LogP contribution in [-0.2, 0) is 6.18 Å². The number of alkyl halides is 3. The van der Waals surface area contributed by atoms with Gasteiger partial charge >= 0.3 is 6.18 Å². The molecule has 0 unspecified atom stereocenters. The normalized spacial score (nSPS) is 23.6. The van der Waals surface area contributed by atoms with Crippen LogP contribution in [0.3, 0.4) is 0 Å². The Bertz CT molecular complexity index is 1020. The number of hydrogen-bond acceptors (Lipinski definition) is 5. The van der Waals surface area contributed by atoms with Crippen molar-refractivity contribution >= 4 is 0 Å². The molecule has 30 heavy (non-hydrogen) atoms. The van der Waals surface area contributed by atoms with Crippen molar-refractivity contribution in [1.29, 1.82) is 15.8 Å². The van der Waals surface area contributed by atoms with Gasteiger partial charge in [-0.1, -0.05) is 31.2 Å². The first-order valence-corrected chi connectivity index (χ1v) is 9.56. The fourth-order valence-electron chi connectivity index (χ4n) is 4.61. The van der Waals surface area contributed by atoms with Gasteiger partial charge in [-0.3, -0.25) is 4.90 Å². The van der Waals surface area contributed by atoms with Crippen LogP contribution < -0.4 is 5.73 Å². The van der Waals surface area contributed by atoms with E-state index in [2.05, 4.69) is 0 Å². The predicted octanol–water partition coefficient (Wildman–Crippen LogP) is 3.84. The summed E-state index contributed by atoms with van der Waals surface area (Å²) < 4.78 is 41.5. The van der Waals surface area contributed by atoms with Crippen LogP contribution in [0, 0.1) is 45.3 Å². The van der Waals surface area contributed by atoms with Crippen LogP contribution in [0.4, 0.5) is 13.2 Å². The zero-order valence-corrected chi connectivity index (χ0v) is 16.4. The molecular formula is C22H20F3N5. The lowest BCUT2D eigenvalue weighted by Gasteiger charge is -2.46. The van der Waals surface area contributed by atoms with Crippen LogP contribution in [0.2, 0.25) is 0 Å². The van der Waals surface area contributed by atoms with Gasteiger partial charge in [-0.2, -0.15) is 29.0 Å². The number of nitriles is 3. The molecular weight excluding hydrogens is 391 g/mol. The Kier molecular flexibility index (Phi) is 5.61. The Morgan fingerprint density at radius 3 is 2.43 bits per heavy atom. The van der Waals surface area contributed by atoms with Crippen molar-refractivity contribution in [3.63, 3.8) is 0 Å². The predicted molar refractivity (Wildman–Crippen MR) is 103 cm³/mol. The molecule has 0 spiro atoms. The summed E-state index contributed by atoms with van der Waals surface area (Å²) in [5.74, 6) is -1.80. The van der Waals surface area contributed by atoms with E-state index in [1.165, 1.54) is 18.2 Å². The Morgan fingerprint density at radius 1 is 1.20 bits per heavy atom. The highest BCUT2D eigenvalue weighted by Crippen LogP contribution is 2.55. The van der Waals surface area contributed by atoms with Crippen molar-refractivity contribution in [3.05, 3.63) is 58.3 Å². The minimum Gasteiger partial charge on any atom is -0.399 e. The van der Waals surface area contributed by atoms with E-state index in [1.54, 1.807) is 6.08 Å². The van der Waals surface area contributed by atoms with E-state index < -0.39 is 29.0 Å². The molecule has 0 saturated carbocycles. The van der Waals surface area contributed by atoms with E-state index in [0.29, 0.717) is 25.2 Å².